The minimum absolute atomic E-state index is 0.667. The molecule has 0 radical (unpaired) electrons. The smallest absolute Gasteiger partial charge is 0.222 e. The van der Waals surface area contributed by atoms with Gasteiger partial charge < -0.3 is 4.74 Å². The summed E-state index contributed by atoms with van der Waals surface area (Å²) < 4.78 is 5.51. The third-order valence-corrected chi connectivity index (χ3v) is 1.95. The topological polar surface area (TPSA) is 21.6 Å². The lowest BCUT2D eigenvalue weighted by molar-refractivity contribution is 0.438. The molecule has 2 nitrogen and oxygen atoms in total. The van der Waals surface area contributed by atoms with E-state index in [2.05, 4.69) is 4.99 Å². The Morgan fingerprint density at radius 3 is 2.69 bits per heavy atom. The second kappa shape index (κ2) is 3.44. The summed E-state index contributed by atoms with van der Waals surface area (Å²) in [5.74, 6) is 1.66. The van der Waals surface area contributed by atoms with Crippen LogP contribution in [0.4, 0.5) is 0 Å². The normalized spacial score (nSPS) is 18.5. The Balaban J connectivity index is 2.22. The number of aliphatic imine (C=N–C) groups is 1. The Hall–Kier alpha value is -1.57. The highest BCUT2D eigenvalue weighted by Gasteiger charge is 2.13. The van der Waals surface area contributed by atoms with Crippen LogP contribution in [0.1, 0.15) is 12.5 Å². The maximum atomic E-state index is 5.51. The van der Waals surface area contributed by atoms with Crippen molar-refractivity contribution in [1.82, 2.24) is 0 Å². The lowest BCUT2D eigenvalue weighted by Crippen LogP contribution is -1.99. The fourth-order valence-electron chi connectivity index (χ4n) is 1.22. The average molecular weight is 173 g/mol. The van der Waals surface area contributed by atoms with Gasteiger partial charge in [-0.2, -0.15) is 0 Å². The molecule has 2 rings (SSSR count). The largest absolute Gasteiger partial charge is 0.441 e. The van der Waals surface area contributed by atoms with Gasteiger partial charge >= 0.3 is 0 Å². The van der Waals surface area contributed by atoms with Crippen molar-refractivity contribution in [1.29, 1.82) is 0 Å². The van der Waals surface area contributed by atoms with Gasteiger partial charge in [-0.05, 0) is 25.1 Å². The Kier molecular flexibility index (Phi) is 2.13. The SMILES string of the molecule is C/C=C1/CN=C(c2ccccc2)O1. The van der Waals surface area contributed by atoms with Gasteiger partial charge in [-0.3, -0.25) is 0 Å². The number of hydrogen-bond acceptors (Lipinski definition) is 2. The summed E-state index contributed by atoms with van der Waals surface area (Å²) in [6.07, 6.45) is 1.94. The van der Waals surface area contributed by atoms with Gasteiger partial charge in [0.05, 0.1) is 0 Å². The van der Waals surface area contributed by atoms with Gasteiger partial charge in [0, 0.05) is 5.56 Å². The summed E-state index contributed by atoms with van der Waals surface area (Å²) in [6.45, 7) is 2.62. The highest BCUT2D eigenvalue weighted by Crippen LogP contribution is 2.13. The molecule has 2 heteroatoms. The summed E-state index contributed by atoms with van der Waals surface area (Å²) in [5.41, 5.74) is 1.04. The highest BCUT2D eigenvalue weighted by atomic mass is 16.5. The monoisotopic (exact) mass is 173 g/mol. The maximum Gasteiger partial charge on any atom is 0.222 e. The van der Waals surface area contributed by atoms with Gasteiger partial charge in [-0.15, -0.1) is 0 Å². The minimum Gasteiger partial charge on any atom is -0.441 e. The van der Waals surface area contributed by atoms with Crippen LogP contribution >= 0.6 is 0 Å². The van der Waals surface area contributed by atoms with Crippen molar-refractivity contribution in [3.05, 3.63) is 47.7 Å². The molecule has 1 aliphatic heterocycles. The van der Waals surface area contributed by atoms with Gasteiger partial charge in [0.25, 0.3) is 0 Å². The van der Waals surface area contributed by atoms with Gasteiger partial charge in [-0.1, -0.05) is 18.2 Å². The first-order chi connectivity index (χ1) is 6.40. The summed E-state index contributed by atoms with van der Waals surface area (Å²) >= 11 is 0. The van der Waals surface area contributed by atoms with Crippen LogP contribution < -0.4 is 0 Å². The van der Waals surface area contributed by atoms with Crippen molar-refractivity contribution in [2.24, 2.45) is 4.99 Å². The second-order valence-electron chi connectivity index (χ2n) is 2.84. The van der Waals surface area contributed by atoms with E-state index in [0.29, 0.717) is 6.54 Å². The number of benzene rings is 1. The van der Waals surface area contributed by atoms with Crippen molar-refractivity contribution in [2.45, 2.75) is 6.92 Å². The third kappa shape index (κ3) is 1.61. The van der Waals surface area contributed by atoms with Crippen LogP contribution in [-0.4, -0.2) is 12.4 Å². The molecule has 66 valence electrons. The predicted octanol–water partition coefficient (Wildman–Crippen LogP) is 2.37. The zero-order valence-corrected chi connectivity index (χ0v) is 7.53. The Bertz CT molecular complexity index is 352. The molecule has 0 unspecified atom stereocenters. The fraction of sp³-hybridized carbons (Fsp3) is 0.182. The van der Waals surface area contributed by atoms with Crippen molar-refractivity contribution in [2.75, 3.05) is 6.54 Å². The first-order valence-corrected chi connectivity index (χ1v) is 4.33. The molecule has 1 aliphatic rings. The Labute approximate surface area is 77.6 Å². The van der Waals surface area contributed by atoms with Crippen LogP contribution in [0.15, 0.2) is 47.2 Å². The molecular formula is C11H11NO. The van der Waals surface area contributed by atoms with E-state index < -0.39 is 0 Å². The van der Waals surface area contributed by atoms with Crippen LogP contribution in [0.5, 0.6) is 0 Å². The summed E-state index contributed by atoms with van der Waals surface area (Å²) in [7, 11) is 0. The molecule has 13 heavy (non-hydrogen) atoms. The van der Waals surface area contributed by atoms with Crippen molar-refractivity contribution in [3.63, 3.8) is 0 Å². The molecule has 1 aromatic carbocycles. The van der Waals surface area contributed by atoms with Crippen LogP contribution in [-0.2, 0) is 4.74 Å². The number of allylic oxidation sites excluding steroid dienone is 1. The molecule has 0 amide bonds. The van der Waals surface area contributed by atoms with Gasteiger partial charge in [0.2, 0.25) is 5.90 Å². The number of rotatable bonds is 1. The van der Waals surface area contributed by atoms with Gasteiger partial charge in [0.15, 0.2) is 0 Å². The molecule has 0 atom stereocenters. The predicted molar refractivity (Wildman–Crippen MR) is 52.7 cm³/mol. The first-order valence-electron chi connectivity index (χ1n) is 4.33. The minimum atomic E-state index is 0.667. The van der Waals surface area contributed by atoms with E-state index in [0.717, 1.165) is 17.2 Å². The fourth-order valence-corrected chi connectivity index (χ4v) is 1.22. The van der Waals surface area contributed by atoms with Crippen LogP contribution in [0.2, 0.25) is 0 Å². The van der Waals surface area contributed by atoms with E-state index in [1.54, 1.807) is 0 Å². The highest BCUT2D eigenvalue weighted by molar-refractivity contribution is 5.95. The van der Waals surface area contributed by atoms with Crippen LogP contribution in [0, 0.1) is 0 Å². The van der Waals surface area contributed by atoms with Crippen molar-refractivity contribution < 1.29 is 4.74 Å². The molecule has 0 saturated heterocycles. The summed E-state index contributed by atoms with van der Waals surface area (Å²) in [5, 5.41) is 0. The zero-order chi connectivity index (χ0) is 9.10. The lowest BCUT2D eigenvalue weighted by atomic mass is 10.2. The molecule has 1 aromatic rings. The molecule has 0 spiro atoms. The second-order valence-corrected chi connectivity index (χ2v) is 2.84. The molecule has 0 fully saturated rings. The summed E-state index contributed by atoms with van der Waals surface area (Å²) in [6, 6.07) is 9.94. The standard InChI is InChI=1S/C11H11NO/c1-2-10-8-12-11(13-10)9-6-4-3-5-7-9/h2-7H,8H2,1H3/b10-2-. The number of ether oxygens (including phenoxy) is 1. The van der Waals surface area contributed by atoms with E-state index in [-0.39, 0.29) is 0 Å². The number of nitrogens with zero attached hydrogens (tertiary/aromatic N) is 1. The quantitative estimate of drug-likeness (QED) is 0.638. The average Bonchev–Trinajstić information content (AvgIpc) is 2.67. The van der Waals surface area contributed by atoms with Gasteiger partial charge in [0.1, 0.15) is 12.3 Å². The van der Waals surface area contributed by atoms with Crippen molar-refractivity contribution >= 4 is 5.90 Å². The molecule has 0 saturated carbocycles. The Morgan fingerprint density at radius 1 is 1.31 bits per heavy atom. The van der Waals surface area contributed by atoms with E-state index in [1.807, 2.05) is 43.3 Å². The summed E-state index contributed by atoms with van der Waals surface area (Å²) in [4.78, 5) is 4.28. The molecule has 0 bridgehead atoms. The van der Waals surface area contributed by atoms with Crippen LogP contribution in [0.3, 0.4) is 0 Å². The van der Waals surface area contributed by atoms with Gasteiger partial charge in [-0.25, -0.2) is 4.99 Å². The molecule has 0 N–H and O–H groups in total. The lowest BCUT2D eigenvalue weighted by Gasteiger charge is -2.00. The van der Waals surface area contributed by atoms with E-state index in [4.69, 9.17) is 4.74 Å². The Morgan fingerprint density at radius 2 is 2.08 bits per heavy atom. The molecule has 0 aromatic heterocycles. The van der Waals surface area contributed by atoms with E-state index >= 15 is 0 Å². The molecule has 0 aliphatic carbocycles. The maximum absolute atomic E-state index is 5.51. The molecule has 1 heterocycles. The third-order valence-electron chi connectivity index (χ3n) is 1.95. The zero-order valence-electron chi connectivity index (χ0n) is 7.53. The molecular weight excluding hydrogens is 162 g/mol. The van der Waals surface area contributed by atoms with Crippen molar-refractivity contribution in [3.8, 4) is 0 Å². The number of hydrogen-bond donors (Lipinski definition) is 0. The first kappa shape index (κ1) is 8.05. The van der Waals surface area contributed by atoms with Crippen LogP contribution in [0.25, 0.3) is 0 Å². The van der Waals surface area contributed by atoms with E-state index in [9.17, 15) is 0 Å². The van der Waals surface area contributed by atoms with E-state index in [1.165, 1.54) is 0 Å².